The van der Waals surface area contributed by atoms with Crippen molar-refractivity contribution < 1.29 is 9.53 Å². The molecule has 5 nitrogen and oxygen atoms in total. The highest BCUT2D eigenvalue weighted by Gasteiger charge is 2.04. The molecule has 1 aromatic heterocycles. The maximum atomic E-state index is 11.2. The van der Waals surface area contributed by atoms with Crippen molar-refractivity contribution in [3.8, 4) is 5.75 Å². The van der Waals surface area contributed by atoms with Gasteiger partial charge in [0.25, 0.3) is 5.91 Å². The Balaban J connectivity index is 2.37. The van der Waals surface area contributed by atoms with Crippen LogP contribution in [0.5, 0.6) is 5.75 Å². The number of carbonyl (C=O) groups excluding carboxylic acids is 1. The fraction of sp³-hybridized carbons (Fsp3) is 0.400. The predicted octanol–water partition coefficient (Wildman–Crippen LogP) is 0.569. The van der Waals surface area contributed by atoms with Crippen molar-refractivity contribution in [3.05, 3.63) is 18.3 Å². The molecule has 0 aliphatic carbocycles. The molecule has 15 heavy (non-hydrogen) atoms. The fourth-order valence-electron chi connectivity index (χ4n) is 0.984. The van der Waals surface area contributed by atoms with Crippen molar-refractivity contribution in [1.82, 2.24) is 10.3 Å². The van der Waals surface area contributed by atoms with Crippen LogP contribution in [-0.4, -0.2) is 24.0 Å². The average molecular weight is 209 g/mol. The average Bonchev–Trinajstić information content (AvgIpc) is 2.25. The van der Waals surface area contributed by atoms with E-state index in [1.165, 1.54) is 0 Å². The van der Waals surface area contributed by atoms with Gasteiger partial charge >= 0.3 is 0 Å². The quantitative estimate of drug-likeness (QED) is 0.743. The zero-order valence-electron chi connectivity index (χ0n) is 8.69. The number of pyridine rings is 1. The van der Waals surface area contributed by atoms with E-state index >= 15 is 0 Å². The van der Waals surface area contributed by atoms with Gasteiger partial charge in [0.2, 0.25) is 0 Å². The molecule has 0 aliphatic rings. The van der Waals surface area contributed by atoms with Gasteiger partial charge < -0.3 is 15.8 Å². The van der Waals surface area contributed by atoms with Gasteiger partial charge in [0, 0.05) is 12.7 Å². The SMILES string of the molecule is CCCNC(=O)COc1cccnc1N. The van der Waals surface area contributed by atoms with Crippen LogP contribution in [0.2, 0.25) is 0 Å². The Morgan fingerprint density at radius 3 is 3.13 bits per heavy atom. The normalized spacial score (nSPS) is 9.67. The van der Waals surface area contributed by atoms with E-state index in [9.17, 15) is 4.79 Å². The Morgan fingerprint density at radius 1 is 1.67 bits per heavy atom. The minimum absolute atomic E-state index is 0.0319. The molecule has 0 atom stereocenters. The highest BCUT2D eigenvalue weighted by Crippen LogP contribution is 2.16. The van der Waals surface area contributed by atoms with Gasteiger partial charge in [-0.3, -0.25) is 4.79 Å². The van der Waals surface area contributed by atoms with Crippen LogP contribution in [0.15, 0.2) is 18.3 Å². The van der Waals surface area contributed by atoms with Crippen molar-refractivity contribution in [1.29, 1.82) is 0 Å². The van der Waals surface area contributed by atoms with E-state index in [0.717, 1.165) is 6.42 Å². The van der Waals surface area contributed by atoms with Gasteiger partial charge in [-0.15, -0.1) is 0 Å². The minimum atomic E-state index is -0.153. The van der Waals surface area contributed by atoms with Crippen molar-refractivity contribution in [2.75, 3.05) is 18.9 Å². The van der Waals surface area contributed by atoms with Crippen LogP contribution in [-0.2, 0) is 4.79 Å². The van der Waals surface area contributed by atoms with Crippen LogP contribution in [0.25, 0.3) is 0 Å². The van der Waals surface area contributed by atoms with E-state index in [4.69, 9.17) is 10.5 Å². The highest BCUT2D eigenvalue weighted by atomic mass is 16.5. The topological polar surface area (TPSA) is 77.2 Å². The Morgan fingerprint density at radius 2 is 2.47 bits per heavy atom. The number of nitrogens with two attached hydrogens (primary N) is 1. The number of nitrogens with one attached hydrogen (secondary N) is 1. The third-order valence-corrected chi connectivity index (χ3v) is 1.73. The zero-order valence-corrected chi connectivity index (χ0v) is 8.69. The molecule has 0 aliphatic heterocycles. The summed E-state index contributed by atoms with van der Waals surface area (Å²) in [6.45, 7) is 2.61. The summed E-state index contributed by atoms with van der Waals surface area (Å²) in [7, 11) is 0. The number of hydrogen-bond donors (Lipinski definition) is 2. The standard InChI is InChI=1S/C10H15N3O2/c1-2-5-12-9(14)7-15-8-4-3-6-13-10(8)11/h3-4,6H,2,5,7H2,1H3,(H2,11,13)(H,12,14). The Kier molecular flexibility index (Phi) is 4.40. The second-order valence-corrected chi connectivity index (χ2v) is 3.03. The van der Waals surface area contributed by atoms with Gasteiger partial charge in [-0.05, 0) is 18.6 Å². The van der Waals surface area contributed by atoms with Crippen molar-refractivity contribution in [2.24, 2.45) is 0 Å². The van der Waals surface area contributed by atoms with Crippen LogP contribution in [0.3, 0.4) is 0 Å². The molecule has 0 spiro atoms. The molecule has 1 aromatic rings. The van der Waals surface area contributed by atoms with Gasteiger partial charge in [-0.25, -0.2) is 4.98 Å². The van der Waals surface area contributed by atoms with Crippen LogP contribution in [0, 0.1) is 0 Å². The van der Waals surface area contributed by atoms with Crippen molar-refractivity contribution in [3.63, 3.8) is 0 Å². The number of aromatic nitrogens is 1. The fourth-order valence-corrected chi connectivity index (χ4v) is 0.984. The van der Waals surface area contributed by atoms with Gasteiger partial charge in [0.15, 0.2) is 18.2 Å². The summed E-state index contributed by atoms with van der Waals surface area (Å²) in [5, 5.41) is 2.70. The number of anilines is 1. The molecule has 0 saturated carbocycles. The van der Waals surface area contributed by atoms with E-state index in [-0.39, 0.29) is 12.5 Å². The third kappa shape index (κ3) is 3.84. The molecule has 5 heteroatoms. The molecular weight excluding hydrogens is 194 g/mol. The van der Waals surface area contributed by atoms with Crippen LogP contribution < -0.4 is 15.8 Å². The summed E-state index contributed by atoms with van der Waals surface area (Å²) >= 11 is 0. The first kappa shape index (κ1) is 11.3. The molecule has 0 fully saturated rings. The first-order valence-electron chi connectivity index (χ1n) is 4.84. The molecule has 3 N–H and O–H groups in total. The lowest BCUT2D eigenvalue weighted by Gasteiger charge is -2.07. The lowest BCUT2D eigenvalue weighted by molar-refractivity contribution is -0.123. The number of amides is 1. The second kappa shape index (κ2) is 5.85. The first-order chi connectivity index (χ1) is 7.24. The largest absolute Gasteiger partial charge is 0.480 e. The van der Waals surface area contributed by atoms with Crippen LogP contribution in [0.1, 0.15) is 13.3 Å². The number of hydrogen-bond acceptors (Lipinski definition) is 4. The minimum Gasteiger partial charge on any atom is -0.480 e. The van der Waals surface area contributed by atoms with Gasteiger partial charge in [0.1, 0.15) is 0 Å². The molecule has 1 amide bonds. The summed E-state index contributed by atoms with van der Waals surface area (Å²) in [6.07, 6.45) is 2.47. The van der Waals surface area contributed by atoms with Crippen molar-refractivity contribution in [2.45, 2.75) is 13.3 Å². The van der Waals surface area contributed by atoms with Gasteiger partial charge in [-0.2, -0.15) is 0 Å². The molecule has 0 saturated heterocycles. The first-order valence-corrected chi connectivity index (χ1v) is 4.84. The third-order valence-electron chi connectivity index (χ3n) is 1.73. The molecule has 0 unspecified atom stereocenters. The van der Waals surface area contributed by atoms with E-state index in [0.29, 0.717) is 18.1 Å². The maximum Gasteiger partial charge on any atom is 0.257 e. The Labute approximate surface area is 88.6 Å². The Hall–Kier alpha value is -1.78. The molecule has 0 radical (unpaired) electrons. The number of nitrogens with zero attached hydrogens (tertiary/aromatic N) is 1. The molecule has 1 heterocycles. The van der Waals surface area contributed by atoms with E-state index in [1.807, 2.05) is 6.92 Å². The van der Waals surface area contributed by atoms with E-state index in [2.05, 4.69) is 10.3 Å². The van der Waals surface area contributed by atoms with Gasteiger partial charge in [-0.1, -0.05) is 6.92 Å². The summed E-state index contributed by atoms with van der Waals surface area (Å²) in [4.78, 5) is 15.0. The number of rotatable bonds is 5. The van der Waals surface area contributed by atoms with E-state index < -0.39 is 0 Å². The Bertz CT molecular complexity index is 328. The van der Waals surface area contributed by atoms with Crippen LogP contribution >= 0.6 is 0 Å². The van der Waals surface area contributed by atoms with Crippen LogP contribution in [0.4, 0.5) is 5.82 Å². The molecule has 82 valence electrons. The van der Waals surface area contributed by atoms with Crippen molar-refractivity contribution >= 4 is 11.7 Å². The lowest BCUT2D eigenvalue weighted by Crippen LogP contribution is -2.29. The lowest BCUT2D eigenvalue weighted by atomic mass is 10.4. The zero-order chi connectivity index (χ0) is 11.1. The molecule has 0 aromatic carbocycles. The summed E-state index contributed by atoms with van der Waals surface area (Å²) < 4.78 is 5.20. The summed E-state index contributed by atoms with van der Waals surface area (Å²) in [5.41, 5.74) is 5.54. The maximum absolute atomic E-state index is 11.2. The number of carbonyl (C=O) groups is 1. The molecule has 1 rings (SSSR count). The second-order valence-electron chi connectivity index (χ2n) is 3.03. The molecular formula is C10H15N3O2. The number of ether oxygens (including phenoxy) is 1. The smallest absolute Gasteiger partial charge is 0.257 e. The summed E-state index contributed by atoms with van der Waals surface area (Å²) in [5.74, 6) is 0.574. The molecule has 0 bridgehead atoms. The monoisotopic (exact) mass is 209 g/mol. The van der Waals surface area contributed by atoms with E-state index in [1.54, 1.807) is 18.3 Å². The van der Waals surface area contributed by atoms with Gasteiger partial charge in [0.05, 0.1) is 0 Å². The highest BCUT2D eigenvalue weighted by molar-refractivity contribution is 5.77. The number of nitrogen functional groups attached to an aromatic ring is 1. The predicted molar refractivity (Wildman–Crippen MR) is 57.4 cm³/mol. The summed E-state index contributed by atoms with van der Waals surface area (Å²) in [6, 6.07) is 3.38.